The van der Waals surface area contributed by atoms with Crippen molar-refractivity contribution in [1.82, 2.24) is 0 Å². The van der Waals surface area contributed by atoms with Crippen LogP contribution in [0.4, 0.5) is 11.4 Å². The first kappa shape index (κ1) is 17.1. The van der Waals surface area contributed by atoms with Gasteiger partial charge in [0.05, 0.1) is 15.9 Å². The molecule has 3 rings (SSSR count). The molecule has 0 saturated heterocycles. The molecule has 0 radical (unpaired) electrons. The molecule has 2 aromatic rings. The van der Waals surface area contributed by atoms with Gasteiger partial charge in [-0.25, -0.2) is 0 Å². The second-order valence-corrected chi connectivity index (χ2v) is 6.63. The highest BCUT2D eigenvalue weighted by Crippen LogP contribution is 2.33. The lowest BCUT2D eigenvalue weighted by Gasteiger charge is -2.22. The predicted molar refractivity (Wildman–Crippen MR) is 94.8 cm³/mol. The number of hydrogen-bond acceptors (Lipinski definition) is 4. The molecule has 0 aromatic heterocycles. The molecule has 0 unspecified atom stereocenters. The fourth-order valence-electron chi connectivity index (χ4n) is 3.55. The Labute approximate surface area is 145 Å². The molecule has 6 nitrogen and oxygen atoms in total. The molecule has 0 amide bonds. The van der Waals surface area contributed by atoms with Crippen molar-refractivity contribution in [2.24, 2.45) is 0 Å². The quantitative estimate of drug-likeness (QED) is 0.557. The van der Waals surface area contributed by atoms with Gasteiger partial charge in [-0.1, -0.05) is 43.5 Å². The average Bonchev–Trinajstić information content (AvgIpc) is 2.62. The van der Waals surface area contributed by atoms with E-state index < -0.39 is 9.85 Å². The van der Waals surface area contributed by atoms with Crippen molar-refractivity contribution in [2.45, 2.75) is 44.4 Å². The van der Waals surface area contributed by atoms with Crippen LogP contribution < -0.4 is 0 Å². The molecule has 0 atom stereocenters. The highest BCUT2D eigenvalue weighted by atomic mass is 16.6. The van der Waals surface area contributed by atoms with Gasteiger partial charge < -0.3 is 0 Å². The number of rotatable bonds is 5. The Balaban J connectivity index is 1.79. The number of nitro benzene ring substituents is 2. The summed E-state index contributed by atoms with van der Waals surface area (Å²) in [6.07, 6.45) is 6.79. The number of hydrogen-bond donors (Lipinski definition) is 0. The zero-order valence-electron chi connectivity index (χ0n) is 13.9. The Kier molecular flexibility index (Phi) is 5.07. The van der Waals surface area contributed by atoms with Gasteiger partial charge in [0, 0.05) is 12.1 Å². The number of nitrogens with zero attached hydrogens (tertiary/aromatic N) is 2. The van der Waals surface area contributed by atoms with Gasteiger partial charge >= 0.3 is 0 Å². The summed E-state index contributed by atoms with van der Waals surface area (Å²) in [5.74, 6) is 0.627. The van der Waals surface area contributed by atoms with Crippen LogP contribution in [-0.2, 0) is 6.42 Å². The molecule has 0 N–H and O–H groups in total. The van der Waals surface area contributed by atoms with Gasteiger partial charge in [0.2, 0.25) is 0 Å². The molecule has 0 spiro atoms. The molecule has 6 heteroatoms. The van der Waals surface area contributed by atoms with Gasteiger partial charge in [0.15, 0.2) is 0 Å². The van der Waals surface area contributed by atoms with Crippen LogP contribution >= 0.6 is 0 Å². The van der Waals surface area contributed by atoms with Crippen molar-refractivity contribution in [3.8, 4) is 0 Å². The third kappa shape index (κ3) is 4.21. The average molecular weight is 340 g/mol. The molecule has 2 aromatic carbocycles. The van der Waals surface area contributed by atoms with Crippen LogP contribution in [0, 0.1) is 20.2 Å². The minimum absolute atomic E-state index is 0.247. The molecular formula is C19H20N2O4. The standard InChI is InChI=1S/C19H20N2O4/c22-20(23)18-11-15(12-19(13-18)21(24)25)10-14-6-8-17(9-7-14)16-4-2-1-3-5-16/h6-9,11-13,16H,1-5,10H2. The largest absolute Gasteiger partial charge is 0.276 e. The second kappa shape index (κ2) is 7.42. The molecule has 1 aliphatic rings. The van der Waals surface area contributed by atoms with Gasteiger partial charge in [0.1, 0.15) is 0 Å². The summed E-state index contributed by atoms with van der Waals surface area (Å²) >= 11 is 0. The summed E-state index contributed by atoms with van der Waals surface area (Å²) in [4.78, 5) is 20.8. The Bertz CT molecular complexity index is 748. The summed E-state index contributed by atoms with van der Waals surface area (Å²) in [5, 5.41) is 22.0. The van der Waals surface area contributed by atoms with E-state index in [1.54, 1.807) is 0 Å². The molecule has 0 aliphatic heterocycles. The molecule has 0 bridgehead atoms. The van der Waals surface area contributed by atoms with E-state index in [-0.39, 0.29) is 11.4 Å². The minimum atomic E-state index is -0.595. The van der Waals surface area contributed by atoms with Crippen LogP contribution in [0.25, 0.3) is 0 Å². The van der Waals surface area contributed by atoms with E-state index in [0.29, 0.717) is 17.9 Å². The third-order valence-electron chi connectivity index (χ3n) is 4.85. The van der Waals surface area contributed by atoms with Gasteiger partial charge in [-0.15, -0.1) is 0 Å². The molecule has 0 heterocycles. The maximum Gasteiger partial charge on any atom is 0.276 e. The number of benzene rings is 2. The lowest BCUT2D eigenvalue weighted by Crippen LogP contribution is -2.04. The summed E-state index contributed by atoms with van der Waals surface area (Å²) in [7, 11) is 0. The fourth-order valence-corrected chi connectivity index (χ4v) is 3.55. The van der Waals surface area contributed by atoms with Crippen molar-refractivity contribution in [3.05, 3.63) is 79.4 Å². The minimum Gasteiger partial charge on any atom is -0.258 e. The molecular weight excluding hydrogens is 320 g/mol. The zero-order valence-corrected chi connectivity index (χ0v) is 13.9. The highest BCUT2D eigenvalue weighted by Gasteiger charge is 2.17. The summed E-state index contributed by atoms with van der Waals surface area (Å²) in [5.41, 5.74) is 2.42. The summed E-state index contributed by atoms with van der Waals surface area (Å²) < 4.78 is 0. The molecule has 25 heavy (non-hydrogen) atoms. The van der Waals surface area contributed by atoms with E-state index >= 15 is 0 Å². The highest BCUT2D eigenvalue weighted by molar-refractivity contribution is 5.48. The van der Waals surface area contributed by atoms with Crippen LogP contribution in [0.5, 0.6) is 0 Å². The number of nitro groups is 2. The van der Waals surface area contributed by atoms with Crippen molar-refractivity contribution in [2.75, 3.05) is 0 Å². The molecule has 1 aliphatic carbocycles. The van der Waals surface area contributed by atoms with Gasteiger partial charge in [-0.2, -0.15) is 0 Å². The second-order valence-electron chi connectivity index (χ2n) is 6.63. The van der Waals surface area contributed by atoms with Gasteiger partial charge in [0.25, 0.3) is 11.4 Å². The summed E-state index contributed by atoms with van der Waals surface area (Å²) in [6, 6.07) is 12.1. The monoisotopic (exact) mass is 340 g/mol. The Morgan fingerprint density at radius 2 is 1.36 bits per heavy atom. The van der Waals surface area contributed by atoms with E-state index in [2.05, 4.69) is 12.1 Å². The fraction of sp³-hybridized carbons (Fsp3) is 0.368. The van der Waals surface area contributed by atoms with Crippen LogP contribution in [-0.4, -0.2) is 9.85 Å². The van der Waals surface area contributed by atoms with Crippen LogP contribution in [0.3, 0.4) is 0 Å². The van der Waals surface area contributed by atoms with Crippen molar-refractivity contribution < 1.29 is 9.85 Å². The van der Waals surface area contributed by atoms with Crippen molar-refractivity contribution in [3.63, 3.8) is 0 Å². The molecule has 1 fully saturated rings. The van der Waals surface area contributed by atoms with Crippen LogP contribution in [0.15, 0.2) is 42.5 Å². The van der Waals surface area contributed by atoms with Crippen LogP contribution in [0.1, 0.15) is 54.7 Å². The lowest BCUT2D eigenvalue weighted by atomic mass is 9.84. The van der Waals surface area contributed by atoms with Crippen molar-refractivity contribution >= 4 is 11.4 Å². The maximum absolute atomic E-state index is 11.0. The van der Waals surface area contributed by atoms with E-state index in [1.165, 1.54) is 49.8 Å². The van der Waals surface area contributed by atoms with E-state index in [0.717, 1.165) is 11.6 Å². The predicted octanol–water partition coefficient (Wildman–Crippen LogP) is 5.14. The smallest absolute Gasteiger partial charge is 0.258 e. The topological polar surface area (TPSA) is 86.3 Å². The maximum atomic E-state index is 11.0. The van der Waals surface area contributed by atoms with Gasteiger partial charge in [-0.05, 0) is 41.9 Å². The van der Waals surface area contributed by atoms with E-state index in [4.69, 9.17) is 0 Å². The number of non-ortho nitro benzene ring substituents is 2. The van der Waals surface area contributed by atoms with Gasteiger partial charge in [-0.3, -0.25) is 20.2 Å². The summed E-state index contributed by atoms with van der Waals surface area (Å²) in [6.45, 7) is 0. The van der Waals surface area contributed by atoms with E-state index in [1.807, 2.05) is 12.1 Å². The first-order valence-corrected chi connectivity index (χ1v) is 8.54. The Hall–Kier alpha value is -2.76. The van der Waals surface area contributed by atoms with E-state index in [9.17, 15) is 20.2 Å². The molecule has 130 valence electrons. The van der Waals surface area contributed by atoms with Crippen molar-refractivity contribution in [1.29, 1.82) is 0 Å². The normalized spacial score (nSPS) is 15.0. The molecule has 1 saturated carbocycles. The first-order chi connectivity index (χ1) is 12.0. The Morgan fingerprint density at radius 3 is 1.88 bits per heavy atom. The SMILES string of the molecule is O=[N+]([O-])c1cc(Cc2ccc(C3CCCCC3)cc2)cc([N+](=O)[O-])c1. The Morgan fingerprint density at radius 1 is 0.800 bits per heavy atom. The first-order valence-electron chi connectivity index (χ1n) is 8.54. The lowest BCUT2D eigenvalue weighted by molar-refractivity contribution is -0.394. The van der Waals surface area contributed by atoms with Crippen LogP contribution in [0.2, 0.25) is 0 Å². The zero-order chi connectivity index (χ0) is 17.8. The third-order valence-corrected chi connectivity index (χ3v) is 4.85.